The molecule has 25 heavy (non-hydrogen) atoms. The number of nitrogens with two attached hydrogens (primary N) is 1. The van der Waals surface area contributed by atoms with Gasteiger partial charge in [0.05, 0.1) is 12.6 Å². The number of guanidine groups is 1. The summed E-state index contributed by atoms with van der Waals surface area (Å²) in [6.45, 7) is 8.22. The highest BCUT2D eigenvalue weighted by molar-refractivity contribution is 14.0. The summed E-state index contributed by atoms with van der Waals surface area (Å²) in [5, 5.41) is 3.36. The van der Waals surface area contributed by atoms with E-state index in [0.717, 1.165) is 50.6 Å². The standard InChI is InChI=1S/C18H28N4O2.HI/c1-3-20-18(22-11-9-16(10-12-22)24-4-2)21-13-14-5-7-15(8-6-14)17(19)23;/h5-8,16H,3-4,9-13H2,1-2H3,(H2,19,23)(H,20,21);1H. The number of rotatable bonds is 6. The minimum atomic E-state index is -0.407. The van der Waals surface area contributed by atoms with E-state index in [1.807, 2.05) is 19.1 Å². The van der Waals surface area contributed by atoms with Gasteiger partial charge in [0.25, 0.3) is 0 Å². The van der Waals surface area contributed by atoms with Crippen molar-refractivity contribution in [3.63, 3.8) is 0 Å². The lowest BCUT2D eigenvalue weighted by Crippen LogP contribution is -2.47. The van der Waals surface area contributed by atoms with Gasteiger partial charge < -0.3 is 20.7 Å². The molecule has 6 nitrogen and oxygen atoms in total. The second kappa shape index (κ2) is 11.3. The van der Waals surface area contributed by atoms with Crippen LogP contribution < -0.4 is 11.1 Å². The number of likely N-dealkylation sites (tertiary alicyclic amines) is 1. The van der Waals surface area contributed by atoms with Crippen molar-refractivity contribution >= 4 is 35.8 Å². The molecule has 1 aromatic carbocycles. The van der Waals surface area contributed by atoms with E-state index in [2.05, 4.69) is 17.1 Å². The zero-order valence-corrected chi connectivity index (χ0v) is 17.4. The van der Waals surface area contributed by atoms with Crippen molar-refractivity contribution in [1.29, 1.82) is 0 Å². The van der Waals surface area contributed by atoms with Gasteiger partial charge in [0, 0.05) is 31.8 Å². The van der Waals surface area contributed by atoms with Gasteiger partial charge in [-0.2, -0.15) is 0 Å². The van der Waals surface area contributed by atoms with Crippen molar-refractivity contribution < 1.29 is 9.53 Å². The van der Waals surface area contributed by atoms with Gasteiger partial charge in [-0.05, 0) is 44.4 Å². The Labute approximate surface area is 167 Å². The number of halogens is 1. The van der Waals surface area contributed by atoms with Gasteiger partial charge in [-0.25, -0.2) is 4.99 Å². The largest absolute Gasteiger partial charge is 0.378 e. The van der Waals surface area contributed by atoms with Crippen molar-refractivity contribution in [3.8, 4) is 0 Å². The average Bonchev–Trinajstić information content (AvgIpc) is 2.60. The quantitative estimate of drug-likeness (QED) is 0.388. The molecule has 0 bridgehead atoms. The molecule has 1 aromatic rings. The molecule has 0 aliphatic carbocycles. The smallest absolute Gasteiger partial charge is 0.248 e. The van der Waals surface area contributed by atoms with Crippen molar-refractivity contribution in [2.24, 2.45) is 10.7 Å². The molecule has 1 aliphatic rings. The summed E-state index contributed by atoms with van der Waals surface area (Å²) in [5.74, 6) is 0.530. The highest BCUT2D eigenvalue weighted by Crippen LogP contribution is 2.14. The molecule has 0 unspecified atom stereocenters. The molecule has 0 aromatic heterocycles. The van der Waals surface area contributed by atoms with Gasteiger partial charge in [0.2, 0.25) is 5.91 Å². The van der Waals surface area contributed by atoms with Crippen LogP contribution in [0.2, 0.25) is 0 Å². The van der Waals surface area contributed by atoms with Crippen LogP contribution in [0.5, 0.6) is 0 Å². The number of hydrogen-bond acceptors (Lipinski definition) is 3. The van der Waals surface area contributed by atoms with Gasteiger partial charge in [0.1, 0.15) is 0 Å². The third-order valence-electron chi connectivity index (χ3n) is 4.13. The third-order valence-corrected chi connectivity index (χ3v) is 4.13. The first-order valence-corrected chi connectivity index (χ1v) is 8.67. The molecule has 1 fully saturated rings. The predicted molar refractivity (Wildman–Crippen MR) is 111 cm³/mol. The van der Waals surface area contributed by atoms with E-state index in [0.29, 0.717) is 18.2 Å². The average molecular weight is 460 g/mol. The van der Waals surface area contributed by atoms with Gasteiger partial charge in [0.15, 0.2) is 5.96 Å². The number of carbonyl (C=O) groups is 1. The van der Waals surface area contributed by atoms with Gasteiger partial charge in [-0.1, -0.05) is 12.1 Å². The van der Waals surface area contributed by atoms with Crippen LogP contribution >= 0.6 is 24.0 Å². The molecule has 7 heteroatoms. The Morgan fingerprint density at radius 2 is 1.92 bits per heavy atom. The minimum Gasteiger partial charge on any atom is -0.378 e. The maximum absolute atomic E-state index is 11.1. The highest BCUT2D eigenvalue weighted by atomic mass is 127. The number of hydrogen-bond donors (Lipinski definition) is 2. The zero-order valence-electron chi connectivity index (χ0n) is 15.0. The van der Waals surface area contributed by atoms with Gasteiger partial charge in [-0.3, -0.25) is 4.79 Å². The fourth-order valence-electron chi connectivity index (χ4n) is 2.84. The monoisotopic (exact) mass is 460 g/mol. The molecule has 2 rings (SSSR count). The van der Waals surface area contributed by atoms with E-state index in [1.54, 1.807) is 12.1 Å². The Hall–Kier alpha value is -1.35. The number of primary amides is 1. The number of nitrogens with one attached hydrogen (secondary N) is 1. The fourth-order valence-corrected chi connectivity index (χ4v) is 2.84. The summed E-state index contributed by atoms with van der Waals surface area (Å²) in [4.78, 5) is 18.1. The number of amides is 1. The summed E-state index contributed by atoms with van der Waals surface area (Å²) in [6, 6.07) is 7.28. The van der Waals surface area contributed by atoms with Crippen LogP contribution in [0, 0.1) is 0 Å². The van der Waals surface area contributed by atoms with Crippen molar-refractivity contribution in [2.75, 3.05) is 26.2 Å². The van der Waals surface area contributed by atoms with Crippen LogP contribution in [0.1, 0.15) is 42.6 Å². The Bertz CT molecular complexity index is 555. The first-order chi connectivity index (χ1) is 11.6. The van der Waals surface area contributed by atoms with Crippen molar-refractivity contribution in [2.45, 2.75) is 39.3 Å². The van der Waals surface area contributed by atoms with Crippen LogP contribution in [0.4, 0.5) is 0 Å². The lowest BCUT2D eigenvalue weighted by atomic mass is 10.1. The van der Waals surface area contributed by atoms with E-state index < -0.39 is 5.91 Å². The molecular weight excluding hydrogens is 431 g/mol. The molecule has 3 N–H and O–H groups in total. The SMILES string of the molecule is CCNC(=NCc1ccc(C(N)=O)cc1)N1CCC(OCC)CC1.I. The summed E-state index contributed by atoms with van der Waals surface area (Å²) < 4.78 is 5.71. The van der Waals surface area contributed by atoms with Gasteiger partial charge in [-0.15, -0.1) is 24.0 Å². The molecule has 0 radical (unpaired) electrons. The van der Waals surface area contributed by atoms with E-state index in [-0.39, 0.29) is 24.0 Å². The second-order valence-electron chi connectivity index (χ2n) is 5.87. The van der Waals surface area contributed by atoms with Crippen molar-refractivity contribution in [1.82, 2.24) is 10.2 Å². The lowest BCUT2D eigenvalue weighted by Gasteiger charge is -2.34. The fraction of sp³-hybridized carbons (Fsp3) is 0.556. The van der Waals surface area contributed by atoms with Gasteiger partial charge >= 0.3 is 0 Å². The van der Waals surface area contributed by atoms with E-state index >= 15 is 0 Å². The summed E-state index contributed by atoms with van der Waals surface area (Å²) in [5.41, 5.74) is 6.84. The summed E-state index contributed by atoms with van der Waals surface area (Å²) in [6.07, 6.45) is 2.44. The summed E-state index contributed by atoms with van der Waals surface area (Å²) >= 11 is 0. The maximum atomic E-state index is 11.1. The molecular formula is C18H29IN4O2. The number of carbonyl (C=O) groups excluding carboxylic acids is 1. The molecule has 0 atom stereocenters. The minimum absolute atomic E-state index is 0. The van der Waals surface area contributed by atoms with Crippen LogP contribution in [0.15, 0.2) is 29.3 Å². The Balaban J connectivity index is 0.00000312. The first-order valence-electron chi connectivity index (χ1n) is 8.67. The molecule has 1 aliphatic heterocycles. The first kappa shape index (κ1) is 21.7. The number of piperidine rings is 1. The number of benzene rings is 1. The normalized spacial score (nSPS) is 15.6. The van der Waals surface area contributed by atoms with Crippen LogP contribution in [-0.4, -0.2) is 49.1 Å². The predicted octanol–water partition coefficient (Wildman–Crippen LogP) is 2.37. The Morgan fingerprint density at radius 1 is 1.28 bits per heavy atom. The molecule has 0 spiro atoms. The van der Waals surface area contributed by atoms with Crippen molar-refractivity contribution in [3.05, 3.63) is 35.4 Å². The third kappa shape index (κ3) is 6.81. The molecule has 0 saturated carbocycles. The number of aliphatic imine (C=N–C) groups is 1. The zero-order chi connectivity index (χ0) is 17.4. The topological polar surface area (TPSA) is 79.9 Å². The van der Waals surface area contributed by atoms with Crippen LogP contribution in [-0.2, 0) is 11.3 Å². The second-order valence-corrected chi connectivity index (χ2v) is 5.87. The molecule has 1 heterocycles. The van der Waals surface area contributed by atoms with Crippen LogP contribution in [0.25, 0.3) is 0 Å². The molecule has 1 saturated heterocycles. The van der Waals surface area contributed by atoms with E-state index in [1.165, 1.54) is 0 Å². The summed E-state index contributed by atoms with van der Waals surface area (Å²) in [7, 11) is 0. The maximum Gasteiger partial charge on any atom is 0.248 e. The van der Waals surface area contributed by atoms with E-state index in [4.69, 9.17) is 15.5 Å². The molecule has 140 valence electrons. The highest BCUT2D eigenvalue weighted by Gasteiger charge is 2.21. The number of ether oxygens (including phenoxy) is 1. The van der Waals surface area contributed by atoms with E-state index in [9.17, 15) is 4.79 Å². The molecule has 1 amide bonds. The Kier molecular flexibility index (Phi) is 9.81. The Morgan fingerprint density at radius 3 is 2.44 bits per heavy atom. The number of nitrogens with zero attached hydrogens (tertiary/aromatic N) is 2. The lowest BCUT2D eigenvalue weighted by molar-refractivity contribution is 0.0263. The van der Waals surface area contributed by atoms with Crippen LogP contribution in [0.3, 0.4) is 0 Å².